The number of pyridine rings is 2. The molecule has 0 N–H and O–H groups in total. The molecule has 3 aromatic heterocycles. The van der Waals surface area contributed by atoms with Gasteiger partial charge < -0.3 is 9.80 Å². The number of piperidine rings is 1. The third-order valence-corrected chi connectivity index (χ3v) is 5.57. The van der Waals surface area contributed by atoms with E-state index in [-0.39, 0.29) is 0 Å². The Morgan fingerprint density at radius 2 is 2.04 bits per heavy atom. The van der Waals surface area contributed by atoms with Crippen LogP contribution in [0.3, 0.4) is 0 Å². The smallest absolute Gasteiger partial charge is 0.186 e. The average Bonchev–Trinajstić information content (AvgIpc) is 3.06. The highest BCUT2D eigenvalue weighted by molar-refractivity contribution is 7.22. The molecular weight excluding hydrogens is 306 g/mol. The molecule has 1 saturated heterocycles. The van der Waals surface area contributed by atoms with Crippen molar-refractivity contribution in [3.05, 3.63) is 42.9 Å². The van der Waals surface area contributed by atoms with Crippen molar-refractivity contribution in [2.75, 3.05) is 29.9 Å². The molecule has 1 aliphatic heterocycles. The molecule has 0 aliphatic carbocycles. The molecule has 0 saturated carbocycles. The summed E-state index contributed by atoms with van der Waals surface area (Å²) in [7, 11) is 2.14. The van der Waals surface area contributed by atoms with Crippen LogP contribution in [0.25, 0.3) is 10.2 Å². The number of hydrogen-bond donors (Lipinski definition) is 0. The molecule has 0 amide bonds. The first-order valence-corrected chi connectivity index (χ1v) is 8.72. The Kier molecular flexibility index (Phi) is 3.83. The normalized spacial score (nSPS) is 16.0. The molecule has 0 spiro atoms. The van der Waals surface area contributed by atoms with Gasteiger partial charge in [0.15, 0.2) is 5.13 Å². The van der Waals surface area contributed by atoms with Gasteiger partial charge in [-0.25, -0.2) is 9.97 Å². The van der Waals surface area contributed by atoms with Gasteiger partial charge in [0, 0.05) is 38.6 Å². The van der Waals surface area contributed by atoms with Crippen LogP contribution >= 0.6 is 11.3 Å². The van der Waals surface area contributed by atoms with Gasteiger partial charge in [-0.2, -0.15) is 0 Å². The predicted molar refractivity (Wildman–Crippen MR) is 95.3 cm³/mol. The zero-order valence-corrected chi connectivity index (χ0v) is 13.9. The third kappa shape index (κ3) is 2.86. The Bertz CT molecular complexity index is 747. The highest BCUT2D eigenvalue weighted by Gasteiger charge is 2.24. The van der Waals surface area contributed by atoms with Crippen LogP contribution < -0.4 is 9.80 Å². The summed E-state index contributed by atoms with van der Waals surface area (Å²) in [5, 5.41) is 1.12. The van der Waals surface area contributed by atoms with Crippen molar-refractivity contribution >= 4 is 32.5 Å². The quantitative estimate of drug-likeness (QED) is 0.740. The summed E-state index contributed by atoms with van der Waals surface area (Å²) < 4.78 is 1.21. The number of rotatable bonds is 3. The lowest BCUT2D eigenvalue weighted by Crippen LogP contribution is -2.43. The van der Waals surface area contributed by atoms with Gasteiger partial charge in [-0.1, -0.05) is 17.4 Å². The second-order valence-corrected chi connectivity index (χ2v) is 6.87. The van der Waals surface area contributed by atoms with E-state index in [0.717, 1.165) is 42.4 Å². The van der Waals surface area contributed by atoms with Gasteiger partial charge in [0.25, 0.3) is 0 Å². The number of hydrogen-bond acceptors (Lipinski definition) is 6. The summed E-state index contributed by atoms with van der Waals surface area (Å²) in [5.74, 6) is 1.05. The summed E-state index contributed by atoms with van der Waals surface area (Å²) in [4.78, 5) is 18.0. The number of anilines is 2. The molecule has 6 heteroatoms. The van der Waals surface area contributed by atoms with Gasteiger partial charge in [0.2, 0.25) is 0 Å². The first kappa shape index (κ1) is 14.4. The Hall–Kier alpha value is -2.21. The van der Waals surface area contributed by atoms with Crippen molar-refractivity contribution in [2.45, 2.75) is 18.9 Å². The second-order valence-electron chi connectivity index (χ2n) is 5.86. The topological polar surface area (TPSA) is 45.2 Å². The monoisotopic (exact) mass is 325 g/mol. The average molecular weight is 325 g/mol. The van der Waals surface area contributed by atoms with E-state index < -0.39 is 0 Å². The van der Waals surface area contributed by atoms with Crippen molar-refractivity contribution in [2.24, 2.45) is 0 Å². The van der Waals surface area contributed by atoms with Gasteiger partial charge in [0.1, 0.15) is 11.3 Å². The number of nitrogens with zero attached hydrogens (tertiary/aromatic N) is 5. The number of aromatic nitrogens is 3. The van der Waals surface area contributed by atoms with E-state index in [4.69, 9.17) is 4.98 Å². The number of thiazole rings is 1. The molecule has 0 radical (unpaired) electrons. The summed E-state index contributed by atoms with van der Waals surface area (Å²) in [6.45, 7) is 2.07. The van der Waals surface area contributed by atoms with Crippen LogP contribution in [0.15, 0.2) is 42.9 Å². The summed E-state index contributed by atoms with van der Waals surface area (Å²) in [6, 6.07) is 8.66. The van der Waals surface area contributed by atoms with Crippen LogP contribution in [0, 0.1) is 0 Å². The zero-order chi connectivity index (χ0) is 15.6. The molecule has 5 nitrogen and oxygen atoms in total. The Balaban J connectivity index is 1.44. The fraction of sp³-hybridized carbons (Fsp3) is 0.353. The predicted octanol–water partition coefficient (Wildman–Crippen LogP) is 3.19. The van der Waals surface area contributed by atoms with E-state index in [1.54, 1.807) is 11.3 Å². The summed E-state index contributed by atoms with van der Waals surface area (Å²) >= 11 is 1.76. The fourth-order valence-corrected chi connectivity index (χ4v) is 4.08. The van der Waals surface area contributed by atoms with Gasteiger partial charge in [-0.05, 0) is 31.0 Å². The molecule has 3 aromatic rings. The van der Waals surface area contributed by atoms with Crippen LogP contribution in [0.1, 0.15) is 12.8 Å². The highest BCUT2D eigenvalue weighted by Crippen LogP contribution is 2.31. The minimum atomic E-state index is 0.539. The lowest BCUT2D eigenvalue weighted by atomic mass is 10.0. The standard InChI is InChI=1S/C17H19N5S/c1-21(16-4-2-3-8-19-16)13-6-10-22(11-7-13)17-20-14-12-18-9-5-15(14)23-17/h2-5,8-9,12-13H,6-7,10-11H2,1H3. The maximum atomic E-state index is 4.72. The van der Waals surface area contributed by atoms with E-state index in [1.165, 1.54) is 4.70 Å². The molecule has 0 bridgehead atoms. The summed E-state index contributed by atoms with van der Waals surface area (Å²) in [6.07, 6.45) is 7.79. The van der Waals surface area contributed by atoms with E-state index in [9.17, 15) is 0 Å². The molecule has 23 heavy (non-hydrogen) atoms. The minimum Gasteiger partial charge on any atom is -0.357 e. The SMILES string of the molecule is CN(c1ccccn1)C1CCN(c2nc3cnccc3s2)CC1. The van der Waals surface area contributed by atoms with Crippen LogP contribution in [-0.2, 0) is 0 Å². The molecule has 1 aliphatic rings. The van der Waals surface area contributed by atoms with Crippen molar-refractivity contribution < 1.29 is 0 Å². The second kappa shape index (κ2) is 6.12. The van der Waals surface area contributed by atoms with Crippen molar-refractivity contribution in [3.63, 3.8) is 0 Å². The molecular formula is C17H19N5S. The molecule has 1 fully saturated rings. The van der Waals surface area contributed by atoms with Gasteiger partial charge >= 0.3 is 0 Å². The Morgan fingerprint density at radius 3 is 2.78 bits per heavy atom. The largest absolute Gasteiger partial charge is 0.357 e. The maximum absolute atomic E-state index is 4.72. The third-order valence-electron chi connectivity index (χ3n) is 4.47. The molecule has 0 atom stereocenters. The van der Waals surface area contributed by atoms with Crippen molar-refractivity contribution in [1.82, 2.24) is 15.0 Å². The van der Waals surface area contributed by atoms with Crippen molar-refractivity contribution in [3.8, 4) is 0 Å². The number of fused-ring (bicyclic) bond motifs is 1. The van der Waals surface area contributed by atoms with Crippen molar-refractivity contribution in [1.29, 1.82) is 0 Å². The first-order valence-electron chi connectivity index (χ1n) is 7.90. The lowest BCUT2D eigenvalue weighted by Gasteiger charge is -2.37. The molecule has 4 heterocycles. The van der Waals surface area contributed by atoms with E-state index in [1.807, 2.05) is 36.8 Å². The minimum absolute atomic E-state index is 0.539. The Labute approximate surface area is 139 Å². The highest BCUT2D eigenvalue weighted by atomic mass is 32.1. The lowest BCUT2D eigenvalue weighted by molar-refractivity contribution is 0.480. The van der Waals surface area contributed by atoms with E-state index >= 15 is 0 Å². The molecule has 0 aromatic carbocycles. The van der Waals surface area contributed by atoms with Gasteiger partial charge in [-0.15, -0.1) is 0 Å². The molecule has 118 valence electrons. The van der Waals surface area contributed by atoms with E-state index in [0.29, 0.717) is 6.04 Å². The van der Waals surface area contributed by atoms with Crippen LogP contribution in [0.4, 0.5) is 10.9 Å². The molecule has 0 unspecified atom stereocenters. The summed E-state index contributed by atoms with van der Waals surface area (Å²) in [5.41, 5.74) is 1.00. The maximum Gasteiger partial charge on any atom is 0.186 e. The zero-order valence-electron chi connectivity index (χ0n) is 13.1. The van der Waals surface area contributed by atoms with Crippen LogP contribution in [0.2, 0.25) is 0 Å². The fourth-order valence-electron chi connectivity index (χ4n) is 3.10. The molecule has 4 rings (SSSR count). The van der Waals surface area contributed by atoms with Gasteiger partial charge in [0.05, 0.1) is 10.9 Å². The van der Waals surface area contributed by atoms with Crippen LogP contribution in [-0.4, -0.2) is 41.1 Å². The van der Waals surface area contributed by atoms with E-state index in [2.05, 4.69) is 32.9 Å². The van der Waals surface area contributed by atoms with Gasteiger partial charge in [-0.3, -0.25) is 4.98 Å². The first-order chi connectivity index (χ1) is 11.3. The Morgan fingerprint density at radius 1 is 1.17 bits per heavy atom. The van der Waals surface area contributed by atoms with Crippen LogP contribution in [0.5, 0.6) is 0 Å².